The van der Waals surface area contributed by atoms with Crippen molar-refractivity contribution in [2.24, 2.45) is 0 Å². The topological polar surface area (TPSA) is 52.9 Å². The first-order valence-electron chi connectivity index (χ1n) is 13.5. The highest BCUT2D eigenvalue weighted by molar-refractivity contribution is 6.08. The summed E-state index contributed by atoms with van der Waals surface area (Å²) >= 11 is 0. The zero-order valence-electron chi connectivity index (χ0n) is 22.1. The molecular formula is C35H24N6. The fourth-order valence-corrected chi connectivity index (χ4v) is 5.90. The molecule has 0 saturated carbocycles. The molecule has 6 heteroatoms. The van der Waals surface area contributed by atoms with Gasteiger partial charge in [-0.25, -0.2) is 9.97 Å². The molecular weight excluding hydrogens is 504 g/mol. The van der Waals surface area contributed by atoms with Crippen molar-refractivity contribution in [3.8, 4) is 22.9 Å². The van der Waals surface area contributed by atoms with Crippen LogP contribution < -0.4 is 0 Å². The molecule has 41 heavy (non-hydrogen) atoms. The van der Waals surface area contributed by atoms with Crippen LogP contribution in [0, 0.1) is 0 Å². The van der Waals surface area contributed by atoms with Gasteiger partial charge in [0.2, 0.25) is 11.7 Å². The maximum Gasteiger partial charge on any atom is 0.237 e. The van der Waals surface area contributed by atoms with Crippen molar-refractivity contribution < 1.29 is 0 Å². The van der Waals surface area contributed by atoms with Gasteiger partial charge in [-0.1, -0.05) is 98.1 Å². The van der Waals surface area contributed by atoms with Crippen molar-refractivity contribution in [2.45, 2.75) is 0 Å². The summed E-state index contributed by atoms with van der Waals surface area (Å²) in [6.45, 7) is 8.29. The van der Waals surface area contributed by atoms with E-state index in [1.54, 1.807) is 0 Å². The highest BCUT2D eigenvalue weighted by Crippen LogP contribution is 2.36. The molecule has 4 aromatic carbocycles. The predicted octanol–water partition coefficient (Wildman–Crippen LogP) is 8.12. The summed E-state index contributed by atoms with van der Waals surface area (Å²) in [5, 5.41) is 2.06. The lowest BCUT2D eigenvalue weighted by Crippen LogP contribution is -2.04. The number of hydrogen-bond acceptors (Lipinski definition) is 3. The van der Waals surface area contributed by atoms with Gasteiger partial charge in [0.1, 0.15) is 5.52 Å². The predicted molar refractivity (Wildman–Crippen MR) is 168 cm³/mol. The Morgan fingerprint density at radius 1 is 0.585 bits per heavy atom. The summed E-state index contributed by atoms with van der Waals surface area (Å²) in [7, 11) is 0. The number of rotatable bonds is 5. The summed E-state index contributed by atoms with van der Waals surface area (Å²) in [6, 6.07) is 36.9. The largest absolute Gasteiger partial charge is 0.278 e. The monoisotopic (exact) mass is 528 g/mol. The fourth-order valence-electron chi connectivity index (χ4n) is 5.90. The Balaban J connectivity index is 1.53. The molecule has 0 atom stereocenters. The second-order valence-electron chi connectivity index (χ2n) is 9.88. The first kappa shape index (κ1) is 23.2. The molecule has 0 spiro atoms. The quantitative estimate of drug-likeness (QED) is 0.227. The third-order valence-corrected chi connectivity index (χ3v) is 7.64. The van der Waals surface area contributed by atoms with E-state index in [2.05, 4.69) is 75.2 Å². The van der Waals surface area contributed by atoms with Gasteiger partial charge in [0, 0.05) is 22.0 Å². The third-order valence-electron chi connectivity index (χ3n) is 7.64. The SMILES string of the molecule is C=Cc1c(C=C)n2c3c4ccccc4n(-c4nc(-c5ccccc5)c5ccccc5n4)c3nc2n1-c1ccccc1. The summed E-state index contributed by atoms with van der Waals surface area (Å²) in [5.74, 6) is 1.35. The number of imidazole rings is 2. The van der Waals surface area contributed by atoms with Gasteiger partial charge in [0.05, 0.1) is 28.1 Å². The summed E-state index contributed by atoms with van der Waals surface area (Å²) in [5.41, 5.74) is 8.38. The Hall–Kier alpha value is -5.75. The molecule has 8 rings (SSSR count). The van der Waals surface area contributed by atoms with Crippen molar-refractivity contribution in [1.82, 2.24) is 28.5 Å². The second-order valence-corrected chi connectivity index (χ2v) is 9.88. The van der Waals surface area contributed by atoms with Crippen LogP contribution >= 0.6 is 0 Å². The van der Waals surface area contributed by atoms with Crippen LogP contribution in [0.25, 0.3) is 73.8 Å². The second kappa shape index (κ2) is 8.89. The van der Waals surface area contributed by atoms with Crippen molar-refractivity contribution in [3.05, 3.63) is 134 Å². The van der Waals surface area contributed by atoms with Crippen LogP contribution in [0.15, 0.2) is 122 Å². The molecule has 0 aliphatic heterocycles. The van der Waals surface area contributed by atoms with E-state index in [0.717, 1.165) is 67.1 Å². The maximum absolute atomic E-state index is 5.28. The lowest BCUT2D eigenvalue weighted by molar-refractivity contribution is 0.996. The van der Waals surface area contributed by atoms with Crippen LogP contribution in [0.3, 0.4) is 0 Å². The Kier molecular flexibility index (Phi) is 5.02. The van der Waals surface area contributed by atoms with E-state index in [4.69, 9.17) is 15.0 Å². The normalized spacial score (nSPS) is 11.6. The summed E-state index contributed by atoms with van der Waals surface area (Å²) < 4.78 is 6.37. The number of aromatic nitrogens is 6. The average molecular weight is 529 g/mol. The molecule has 0 aliphatic carbocycles. The first-order chi connectivity index (χ1) is 20.3. The summed E-state index contributed by atoms with van der Waals surface area (Å²) in [6.07, 6.45) is 3.74. The first-order valence-corrected chi connectivity index (χ1v) is 13.5. The molecule has 0 bridgehead atoms. The van der Waals surface area contributed by atoms with E-state index in [0.29, 0.717) is 5.95 Å². The van der Waals surface area contributed by atoms with E-state index in [9.17, 15) is 0 Å². The van der Waals surface area contributed by atoms with Gasteiger partial charge in [-0.05, 0) is 36.4 Å². The molecule has 0 saturated heterocycles. The smallest absolute Gasteiger partial charge is 0.237 e. The Labute approximate surface area is 235 Å². The molecule has 0 radical (unpaired) electrons. The van der Waals surface area contributed by atoms with Gasteiger partial charge in [-0.3, -0.25) is 13.5 Å². The van der Waals surface area contributed by atoms with Crippen molar-refractivity contribution in [2.75, 3.05) is 0 Å². The summed E-state index contributed by atoms with van der Waals surface area (Å²) in [4.78, 5) is 15.5. The van der Waals surface area contributed by atoms with Gasteiger partial charge in [0.15, 0.2) is 5.65 Å². The molecule has 6 nitrogen and oxygen atoms in total. The lowest BCUT2D eigenvalue weighted by Gasteiger charge is -2.11. The highest BCUT2D eigenvalue weighted by Gasteiger charge is 2.26. The zero-order chi connectivity index (χ0) is 27.5. The number of nitrogens with zero attached hydrogens (tertiary/aromatic N) is 6. The van der Waals surface area contributed by atoms with E-state index < -0.39 is 0 Å². The van der Waals surface area contributed by atoms with Crippen LogP contribution in [0.4, 0.5) is 0 Å². The molecule has 0 N–H and O–H groups in total. The van der Waals surface area contributed by atoms with Crippen molar-refractivity contribution >= 4 is 50.9 Å². The zero-order valence-corrected chi connectivity index (χ0v) is 22.1. The minimum atomic E-state index is 0.574. The molecule has 0 fully saturated rings. The van der Waals surface area contributed by atoms with E-state index in [1.165, 1.54) is 0 Å². The maximum atomic E-state index is 5.28. The molecule has 4 aromatic heterocycles. The number of fused-ring (bicyclic) bond motifs is 6. The van der Waals surface area contributed by atoms with Gasteiger partial charge < -0.3 is 0 Å². The standard InChI is InChI=1S/C35H24N6/c1-3-28-29(4-2)40-32-26-20-12-14-22-30(26)41(33(32)38-35(40)39(28)24-17-9-6-10-18-24)34-36-27-21-13-11-19-25(27)31(37-34)23-15-7-5-8-16-23/h3-22H,1-2H2. The Bertz CT molecular complexity index is 2280. The van der Waals surface area contributed by atoms with E-state index in [1.807, 2.05) is 72.8 Å². The van der Waals surface area contributed by atoms with E-state index >= 15 is 0 Å². The highest BCUT2D eigenvalue weighted by atomic mass is 15.3. The van der Waals surface area contributed by atoms with Gasteiger partial charge in [0.25, 0.3) is 0 Å². The molecule has 194 valence electrons. The number of hydrogen-bond donors (Lipinski definition) is 0. The van der Waals surface area contributed by atoms with Gasteiger partial charge in [-0.2, -0.15) is 4.98 Å². The van der Waals surface area contributed by atoms with Crippen molar-refractivity contribution in [1.29, 1.82) is 0 Å². The van der Waals surface area contributed by atoms with Gasteiger partial charge in [-0.15, -0.1) is 0 Å². The lowest BCUT2D eigenvalue weighted by atomic mass is 10.1. The van der Waals surface area contributed by atoms with Crippen LogP contribution in [-0.2, 0) is 0 Å². The van der Waals surface area contributed by atoms with E-state index in [-0.39, 0.29) is 0 Å². The molecule has 0 aliphatic rings. The van der Waals surface area contributed by atoms with Crippen LogP contribution in [0.5, 0.6) is 0 Å². The number of para-hydroxylation sites is 3. The van der Waals surface area contributed by atoms with Crippen LogP contribution in [0.2, 0.25) is 0 Å². The number of benzene rings is 4. The third kappa shape index (κ3) is 3.28. The Morgan fingerprint density at radius 3 is 2.00 bits per heavy atom. The molecule has 4 heterocycles. The minimum absolute atomic E-state index is 0.574. The molecule has 8 aromatic rings. The van der Waals surface area contributed by atoms with Crippen LogP contribution in [-0.4, -0.2) is 28.5 Å². The van der Waals surface area contributed by atoms with Crippen LogP contribution in [0.1, 0.15) is 11.4 Å². The Morgan fingerprint density at radius 2 is 1.24 bits per heavy atom. The fraction of sp³-hybridized carbons (Fsp3) is 0. The van der Waals surface area contributed by atoms with Gasteiger partial charge >= 0.3 is 0 Å². The average Bonchev–Trinajstić information content (AvgIpc) is 3.66. The minimum Gasteiger partial charge on any atom is -0.278 e. The van der Waals surface area contributed by atoms with Crippen molar-refractivity contribution in [3.63, 3.8) is 0 Å². The molecule has 0 unspecified atom stereocenters. The molecule has 0 amide bonds.